The molecular formula is C60H36N2O. The Bertz CT molecular complexity index is 3670. The number of anilines is 3. The first-order valence-electron chi connectivity index (χ1n) is 21.5. The van der Waals surface area contributed by atoms with Gasteiger partial charge in [0.25, 0.3) is 0 Å². The lowest BCUT2D eigenvalue weighted by Gasteiger charge is -2.32. The first-order chi connectivity index (χ1) is 31.2. The molecule has 13 rings (SSSR count). The third-order valence-corrected chi connectivity index (χ3v) is 13.5. The zero-order valence-corrected chi connectivity index (χ0v) is 34.1. The Morgan fingerprint density at radius 2 is 1.00 bits per heavy atom. The summed E-state index contributed by atoms with van der Waals surface area (Å²) in [6, 6.07) is 80.9. The average Bonchev–Trinajstić information content (AvgIpc) is 3.99. The first-order valence-corrected chi connectivity index (χ1v) is 21.5. The molecular weight excluding hydrogens is 765 g/mol. The van der Waals surface area contributed by atoms with E-state index in [9.17, 15) is 5.26 Å². The van der Waals surface area contributed by atoms with Gasteiger partial charge in [0.2, 0.25) is 0 Å². The van der Waals surface area contributed by atoms with E-state index in [0.29, 0.717) is 5.56 Å². The number of hydrogen-bond donors (Lipinski definition) is 0. The van der Waals surface area contributed by atoms with Crippen LogP contribution in [0.2, 0.25) is 0 Å². The molecule has 3 heteroatoms. The fourth-order valence-electron chi connectivity index (χ4n) is 10.8. The lowest BCUT2D eigenvalue weighted by Crippen LogP contribution is -2.26. The maximum Gasteiger partial charge on any atom is 0.159 e. The van der Waals surface area contributed by atoms with Crippen molar-refractivity contribution in [1.82, 2.24) is 0 Å². The van der Waals surface area contributed by atoms with Crippen LogP contribution in [0.1, 0.15) is 27.8 Å². The monoisotopic (exact) mass is 800 g/mol. The second-order valence-electron chi connectivity index (χ2n) is 16.7. The molecule has 0 saturated carbocycles. The van der Waals surface area contributed by atoms with Gasteiger partial charge in [-0.1, -0.05) is 158 Å². The van der Waals surface area contributed by atoms with Crippen molar-refractivity contribution in [2.24, 2.45) is 0 Å². The van der Waals surface area contributed by atoms with Crippen LogP contribution in [-0.4, -0.2) is 0 Å². The van der Waals surface area contributed by atoms with Crippen molar-refractivity contribution in [3.05, 3.63) is 246 Å². The minimum Gasteiger partial charge on any atom is -0.454 e. The number of furan rings is 1. The Morgan fingerprint density at radius 3 is 1.76 bits per heavy atom. The summed E-state index contributed by atoms with van der Waals surface area (Å²) in [7, 11) is 0. The highest BCUT2D eigenvalue weighted by atomic mass is 16.3. The van der Waals surface area contributed by atoms with Gasteiger partial charge in [-0.3, -0.25) is 0 Å². The molecule has 292 valence electrons. The molecule has 11 aromatic rings. The van der Waals surface area contributed by atoms with Crippen LogP contribution in [0.15, 0.2) is 223 Å². The summed E-state index contributed by atoms with van der Waals surface area (Å²) in [5.74, 6) is 0. The number of fused-ring (bicyclic) bond motifs is 15. The Balaban J connectivity index is 1.08. The summed E-state index contributed by atoms with van der Waals surface area (Å²) < 4.78 is 6.85. The number of benzene rings is 10. The van der Waals surface area contributed by atoms with Crippen LogP contribution in [0.5, 0.6) is 0 Å². The summed E-state index contributed by atoms with van der Waals surface area (Å²) in [6.07, 6.45) is 0. The normalized spacial score (nSPS) is 14.4. The smallest absolute Gasteiger partial charge is 0.159 e. The molecule has 0 radical (unpaired) electrons. The van der Waals surface area contributed by atoms with Crippen LogP contribution in [-0.2, 0) is 5.41 Å². The van der Waals surface area contributed by atoms with E-state index in [4.69, 9.17) is 4.42 Å². The van der Waals surface area contributed by atoms with E-state index in [-0.39, 0.29) is 0 Å². The van der Waals surface area contributed by atoms with Gasteiger partial charge < -0.3 is 9.32 Å². The highest BCUT2D eigenvalue weighted by molar-refractivity contribution is 6.12. The maximum absolute atomic E-state index is 9.81. The largest absolute Gasteiger partial charge is 0.454 e. The molecule has 0 bridgehead atoms. The summed E-state index contributed by atoms with van der Waals surface area (Å²) in [6.45, 7) is 0. The summed E-state index contributed by atoms with van der Waals surface area (Å²) in [5.41, 5.74) is 19.5. The molecule has 0 aliphatic heterocycles. The van der Waals surface area contributed by atoms with Gasteiger partial charge in [-0.15, -0.1) is 0 Å². The number of para-hydroxylation sites is 1. The molecule has 0 saturated heterocycles. The minimum absolute atomic E-state index is 0.515. The molecule has 63 heavy (non-hydrogen) atoms. The van der Waals surface area contributed by atoms with Gasteiger partial charge in [0.1, 0.15) is 5.58 Å². The fraction of sp³-hybridized carbons (Fsp3) is 0.0167. The molecule has 1 heterocycles. The average molecular weight is 801 g/mol. The topological polar surface area (TPSA) is 40.2 Å². The number of nitriles is 1. The van der Waals surface area contributed by atoms with Gasteiger partial charge in [0.05, 0.1) is 22.7 Å². The van der Waals surface area contributed by atoms with Gasteiger partial charge in [-0.25, -0.2) is 0 Å². The fourth-order valence-corrected chi connectivity index (χ4v) is 10.8. The Labute approximate surface area is 365 Å². The minimum atomic E-state index is -0.515. The Morgan fingerprint density at radius 1 is 0.413 bits per heavy atom. The van der Waals surface area contributed by atoms with Crippen LogP contribution < -0.4 is 4.90 Å². The van der Waals surface area contributed by atoms with Crippen molar-refractivity contribution in [1.29, 1.82) is 5.26 Å². The second kappa shape index (κ2) is 13.5. The SMILES string of the molecule is N#Cc1ccc(N(c2ccc(-c3ccccc3)cc2)c2cc(-c3ccc4c(c3)C3(c5ccccc5-4)c4ccccc4-c4ccc5ccccc5c43)cc3c2oc2ccccc23)cc1. The molecule has 10 aromatic carbocycles. The summed E-state index contributed by atoms with van der Waals surface area (Å²) in [4.78, 5) is 2.27. The van der Waals surface area contributed by atoms with Crippen molar-refractivity contribution in [2.45, 2.75) is 5.41 Å². The highest BCUT2D eigenvalue weighted by Gasteiger charge is 2.52. The lowest BCUT2D eigenvalue weighted by atomic mass is 9.69. The van der Waals surface area contributed by atoms with Crippen molar-refractivity contribution in [2.75, 3.05) is 4.90 Å². The highest BCUT2D eigenvalue weighted by Crippen LogP contribution is 2.64. The zero-order chi connectivity index (χ0) is 41.6. The van der Waals surface area contributed by atoms with E-state index in [2.05, 4.69) is 193 Å². The van der Waals surface area contributed by atoms with Gasteiger partial charge in [-0.2, -0.15) is 5.26 Å². The van der Waals surface area contributed by atoms with E-state index in [1.165, 1.54) is 55.3 Å². The van der Waals surface area contributed by atoms with Crippen LogP contribution in [0, 0.1) is 11.3 Å². The Kier molecular flexibility index (Phi) is 7.58. The van der Waals surface area contributed by atoms with Crippen LogP contribution >= 0.6 is 0 Å². The molecule has 0 N–H and O–H groups in total. The van der Waals surface area contributed by atoms with Crippen LogP contribution in [0.4, 0.5) is 17.1 Å². The molecule has 1 unspecified atom stereocenters. The molecule has 1 spiro atoms. The molecule has 2 aliphatic carbocycles. The van der Waals surface area contributed by atoms with Gasteiger partial charge in [0, 0.05) is 22.1 Å². The molecule has 3 nitrogen and oxygen atoms in total. The standard InChI is InChI=1S/C60H36N2O/c61-37-38-22-28-44(29-23-38)62(45-30-24-40(25-31-45)39-12-2-1-3-13-39)56-36-43(34-52-50-18-8-11-21-57(50)63-59(52)56)42-27-32-49-47-16-6-9-19-53(47)60(55(49)35-42)54-20-10-7-17-48(54)51-33-26-41-14-4-5-15-46(41)58(51)60/h1-36H. The third kappa shape index (κ3) is 5.07. The molecule has 1 atom stereocenters. The van der Waals surface area contributed by atoms with Gasteiger partial charge in [-0.05, 0) is 138 Å². The molecule has 2 aliphatic rings. The maximum atomic E-state index is 9.81. The van der Waals surface area contributed by atoms with Crippen LogP contribution in [0.25, 0.3) is 77.2 Å². The van der Waals surface area contributed by atoms with E-state index < -0.39 is 5.41 Å². The number of rotatable bonds is 5. The van der Waals surface area contributed by atoms with Gasteiger partial charge >= 0.3 is 0 Å². The van der Waals surface area contributed by atoms with E-state index in [1.807, 2.05) is 36.4 Å². The van der Waals surface area contributed by atoms with E-state index >= 15 is 0 Å². The van der Waals surface area contributed by atoms with Crippen molar-refractivity contribution in [3.8, 4) is 50.6 Å². The van der Waals surface area contributed by atoms with Crippen molar-refractivity contribution >= 4 is 49.8 Å². The van der Waals surface area contributed by atoms with Crippen molar-refractivity contribution < 1.29 is 4.42 Å². The first kappa shape index (κ1) is 35.3. The summed E-state index contributed by atoms with van der Waals surface area (Å²) in [5, 5.41) is 14.4. The Hall–Kier alpha value is -8.45. The van der Waals surface area contributed by atoms with Gasteiger partial charge in [0.15, 0.2) is 5.58 Å². The predicted octanol–water partition coefficient (Wildman–Crippen LogP) is 15.8. The van der Waals surface area contributed by atoms with Crippen LogP contribution in [0.3, 0.4) is 0 Å². The van der Waals surface area contributed by atoms with Crippen molar-refractivity contribution in [3.63, 3.8) is 0 Å². The zero-order valence-electron chi connectivity index (χ0n) is 34.1. The second-order valence-corrected chi connectivity index (χ2v) is 16.7. The number of nitrogens with zero attached hydrogens (tertiary/aromatic N) is 2. The predicted molar refractivity (Wildman–Crippen MR) is 258 cm³/mol. The lowest BCUT2D eigenvalue weighted by molar-refractivity contribution is 0.669. The molecule has 1 aromatic heterocycles. The van der Waals surface area contributed by atoms with E-state index in [0.717, 1.165) is 61.3 Å². The van der Waals surface area contributed by atoms with E-state index in [1.54, 1.807) is 0 Å². The quantitative estimate of drug-likeness (QED) is 0.174. The molecule has 0 amide bonds. The summed E-state index contributed by atoms with van der Waals surface area (Å²) >= 11 is 0. The number of hydrogen-bond acceptors (Lipinski definition) is 3. The third-order valence-electron chi connectivity index (χ3n) is 13.5. The molecule has 0 fully saturated rings.